The summed E-state index contributed by atoms with van der Waals surface area (Å²) in [6, 6.07) is 10.7. The van der Waals surface area contributed by atoms with Crippen molar-refractivity contribution < 1.29 is 28.6 Å². The van der Waals surface area contributed by atoms with E-state index in [1.54, 1.807) is 24.3 Å². The Hall–Kier alpha value is -3.46. The predicted octanol–water partition coefficient (Wildman–Crippen LogP) is 2.40. The first kappa shape index (κ1) is 20.8. The summed E-state index contributed by atoms with van der Waals surface area (Å²) in [5, 5.41) is 5.26. The number of esters is 2. The summed E-state index contributed by atoms with van der Waals surface area (Å²) >= 11 is 5.14. The normalized spacial score (nSPS) is 9.82. The van der Waals surface area contributed by atoms with Gasteiger partial charge >= 0.3 is 11.9 Å². The van der Waals surface area contributed by atoms with E-state index in [0.717, 1.165) is 0 Å². The van der Waals surface area contributed by atoms with Crippen LogP contribution < -0.4 is 15.4 Å². The van der Waals surface area contributed by atoms with Crippen molar-refractivity contribution in [3.63, 3.8) is 0 Å². The van der Waals surface area contributed by atoms with Gasteiger partial charge in [0.1, 0.15) is 5.75 Å². The maximum absolute atomic E-state index is 12.3. The molecule has 9 heteroatoms. The average Bonchev–Trinajstić information content (AvgIpc) is 2.72. The van der Waals surface area contributed by atoms with Gasteiger partial charge in [-0.2, -0.15) is 0 Å². The number of carbonyl (C=O) groups is 3. The average molecular weight is 402 g/mol. The first-order valence-corrected chi connectivity index (χ1v) is 8.37. The Labute approximate surface area is 166 Å². The molecule has 0 heterocycles. The number of anilines is 1. The van der Waals surface area contributed by atoms with Crippen molar-refractivity contribution in [2.24, 2.45) is 0 Å². The zero-order valence-corrected chi connectivity index (χ0v) is 16.2. The molecule has 0 bridgehead atoms. The molecule has 0 atom stereocenters. The summed E-state index contributed by atoms with van der Waals surface area (Å²) in [6.45, 7) is 0. The van der Waals surface area contributed by atoms with Crippen molar-refractivity contribution in [2.75, 3.05) is 26.6 Å². The van der Waals surface area contributed by atoms with Crippen molar-refractivity contribution >= 4 is 40.9 Å². The van der Waals surface area contributed by atoms with Gasteiger partial charge in [0.15, 0.2) is 5.11 Å². The van der Waals surface area contributed by atoms with Crippen molar-refractivity contribution in [3.8, 4) is 5.75 Å². The van der Waals surface area contributed by atoms with Crippen molar-refractivity contribution in [1.82, 2.24) is 5.32 Å². The van der Waals surface area contributed by atoms with Crippen LogP contribution in [0.25, 0.3) is 0 Å². The monoisotopic (exact) mass is 402 g/mol. The molecule has 8 nitrogen and oxygen atoms in total. The Morgan fingerprint density at radius 1 is 0.821 bits per heavy atom. The van der Waals surface area contributed by atoms with Crippen LogP contribution in [0, 0.1) is 0 Å². The quantitative estimate of drug-likeness (QED) is 0.581. The SMILES string of the molecule is COC(=O)c1cc(NC(=S)NC(=O)c2ccc(OC)cc2)cc(C(=O)OC)c1. The second-order valence-corrected chi connectivity index (χ2v) is 5.83. The van der Waals surface area contributed by atoms with Crippen molar-refractivity contribution in [2.45, 2.75) is 0 Å². The number of hydrogen-bond acceptors (Lipinski definition) is 7. The molecule has 28 heavy (non-hydrogen) atoms. The van der Waals surface area contributed by atoms with Gasteiger partial charge in [-0.1, -0.05) is 0 Å². The number of thiocarbonyl (C=S) groups is 1. The van der Waals surface area contributed by atoms with Crippen LogP contribution in [0.4, 0.5) is 5.69 Å². The number of benzene rings is 2. The largest absolute Gasteiger partial charge is 0.497 e. The van der Waals surface area contributed by atoms with Gasteiger partial charge in [-0.25, -0.2) is 9.59 Å². The van der Waals surface area contributed by atoms with Gasteiger partial charge in [-0.05, 0) is 54.7 Å². The minimum absolute atomic E-state index is 0.0151. The molecule has 0 aliphatic carbocycles. The van der Waals surface area contributed by atoms with Crippen LogP contribution in [0.5, 0.6) is 5.75 Å². The summed E-state index contributed by atoms with van der Waals surface area (Å²) in [6.07, 6.45) is 0. The van der Waals surface area contributed by atoms with Crippen LogP contribution in [-0.2, 0) is 9.47 Å². The minimum atomic E-state index is -0.637. The number of nitrogens with one attached hydrogen (secondary N) is 2. The highest BCUT2D eigenvalue weighted by Crippen LogP contribution is 2.17. The van der Waals surface area contributed by atoms with E-state index < -0.39 is 17.8 Å². The lowest BCUT2D eigenvalue weighted by molar-refractivity contribution is 0.0599. The molecule has 0 saturated heterocycles. The summed E-state index contributed by atoms with van der Waals surface area (Å²) in [5.74, 6) is -1.09. The van der Waals surface area contributed by atoms with Gasteiger partial charge in [0, 0.05) is 11.3 Å². The maximum Gasteiger partial charge on any atom is 0.337 e. The van der Waals surface area contributed by atoms with Gasteiger partial charge in [0.25, 0.3) is 5.91 Å². The number of rotatable bonds is 5. The lowest BCUT2D eigenvalue weighted by atomic mass is 10.1. The molecule has 0 saturated carbocycles. The zero-order valence-electron chi connectivity index (χ0n) is 15.4. The van der Waals surface area contributed by atoms with Crippen LogP contribution >= 0.6 is 12.2 Å². The van der Waals surface area contributed by atoms with E-state index >= 15 is 0 Å². The topological polar surface area (TPSA) is 103 Å². The van der Waals surface area contributed by atoms with Crippen LogP contribution in [0.3, 0.4) is 0 Å². The standard InChI is InChI=1S/C19H18N2O6S/c1-25-15-6-4-11(5-7-15)16(22)21-19(28)20-14-9-12(17(23)26-2)8-13(10-14)18(24)27-3/h4-10H,1-3H3,(H2,20,21,22,28). The molecule has 2 aromatic rings. The van der Waals surface area contributed by atoms with Gasteiger partial charge in [-0.3, -0.25) is 10.1 Å². The smallest absolute Gasteiger partial charge is 0.337 e. The summed E-state index contributed by atoms with van der Waals surface area (Å²) < 4.78 is 14.4. The third kappa shape index (κ3) is 5.27. The highest BCUT2D eigenvalue weighted by atomic mass is 32.1. The number of carbonyl (C=O) groups excluding carboxylic acids is 3. The first-order chi connectivity index (χ1) is 13.4. The first-order valence-electron chi connectivity index (χ1n) is 7.96. The van der Waals surface area contributed by atoms with Crippen molar-refractivity contribution in [1.29, 1.82) is 0 Å². The Bertz CT molecular complexity index is 877. The fraction of sp³-hybridized carbons (Fsp3) is 0.158. The lowest BCUT2D eigenvalue weighted by Crippen LogP contribution is -2.34. The van der Waals surface area contributed by atoms with E-state index in [2.05, 4.69) is 20.1 Å². The Morgan fingerprint density at radius 2 is 1.36 bits per heavy atom. The molecule has 0 unspecified atom stereocenters. The Kier molecular flexibility index (Phi) is 7.05. The van der Waals surface area contributed by atoms with Crippen LogP contribution in [0.1, 0.15) is 31.1 Å². The van der Waals surface area contributed by atoms with Gasteiger partial charge in [-0.15, -0.1) is 0 Å². The molecule has 2 aromatic carbocycles. The highest BCUT2D eigenvalue weighted by molar-refractivity contribution is 7.80. The molecule has 0 aliphatic rings. The summed E-state index contributed by atoms with van der Waals surface area (Å²) in [7, 11) is 3.97. The third-order valence-corrected chi connectivity index (χ3v) is 3.82. The van der Waals surface area contributed by atoms with Gasteiger partial charge in [0.05, 0.1) is 32.5 Å². The molecule has 1 amide bonds. The van der Waals surface area contributed by atoms with E-state index in [1.165, 1.54) is 39.5 Å². The number of ether oxygens (including phenoxy) is 3. The number of methoxy groups -OCH3 is 3. The fourth-order valence-corrected chi connectivity index (χ4v) is 2.46. The van der Waals surface area contributed by atoms with Crippen molar-refractivity contribution in [3.05, 3.63) is 59.2 Å². The summed E-state index contributed by atoms with van der Waals surface area (Å²) in [5.41, 5.74) is 0.932. The predicted molar refractivity (Wildman–Crippen MR) is 106 cm³/mol. The second-order valence-electron chi connectivity index (χ2n) is 5.42. The molecule has 0 aliphatic heterocycles. The molecular weight excluding hydrogens is 384 g/mol. The molecule has 0 spiro atoms. The van der Waals surface area contributed by atoms with E-state index in [-0.39, 0.29) is 16.2 Å². The lowest BCUT2D eigenvalue weighted by Gasteiger charge is -2.12. The molecule has 0 radical (unpaired) electrons. The second kappa shape index (κ2) is 9.47. The van der Waals surface area contributed by atoms with Crippen LogP contribution in [0.15, 0.2) is 42.5 Å². The van der Waals surface area contributed by atoms with Gasteiger partial charge < -0.3 is 19.5 Å². The van der Waals surface area contributed by atoms with E-state index in [1.807, 2.05) is 0 Å². The molecule has 2 rings (SSSR count). The molecule has 0 aromatic heterocycles. The third-order valence-electron chi connectivity index (χ3n) is 3.61. The minimum Gasteiger partial charge on any atom is -0.497 e. The molecule has 146 valence electrons. The Morgan fingerprint density at radius 3 is 1.82 bits per heavy atom. The number of amides is 1. The summed E-state index contributed by atoms with van der Waals surface area (Å²) in [4.78, 5) is 35.9. The maximum atomic E-state index is 12.3. The molecule has 0 fully saturated rings. The Balaban J connectivity index is 2.16. The number of hydrogen-bond donors (Lipinski definition) is 2. The van der Waals surface area contributed by atoms with Crippen LogP contribution in [0.2, 0.25) is 0 Å². The van der Waals surface area contributed by atoms with E-state index in [0.29, 0.717) is 17.0 Å². The molecular formula is C19H18N2O6S. The fourth-order valence-electron chi connectivity index (χ4n) is 2.25. The van der Waals surface area contributed by atoms with E-state index in [4.69, 9.17) is 17.0 Å². The molecule has 2 N–H and O–H groups in total. The highest BCUT2D eigenvalue weighted by Gasteiger charge is 2.15. The van der Waals surface area contributed by atoms with Gasteiger partial charge in [0.2, 0.25) is 0 Å². The van der Waals surface area contributed by atoms with Crippen LogP contribution in [-0.4, -0.2) is 44.3 Å². The zero-order chi connectivity index (χ0) is 20.7. The van der Waals surface area contributed by atoms with E-state index in [9.17, 15) is 14.4 Å².